The molecule has 1 aromatic carbocycles. The lowest BCUT2D eigenvalue weighted by atomic mass is 9.94. The average Bonchev–Trinajstić information content (AvgIpc) is 2.90. The second-order valence-electron chi connectivity index (χ2n) is 5.01. The van der Waals surface area contributed by atoms with E-state index in [2.05, 4.69) is 33.8 Å². The van der Waals surface area contributed by atoms with Crippen molar-refractivity contribution >= 4 is 0 Å². The summed E-state index contributed by atoms with van der Waals surface area (Å²) in [6.45, 7) is 10.5. The molecule has 0 bridgehead atoms. The van der Waals surface area contributed by atoms with Gasteiger partial charge in [-0.05, 0) is 43.5 Å². The van der Waals surface area contributed by atoms with Gasteiger partial charge < -0.3 is 14.2 Å². The first-order valence-corrected chi connectivity index (χ1v) is 7.16. The van der Waals surface area contributed by atoms with E-state index in [4.69, 9.17) is 14.2 Å². The minimum atomic E-state index is -0.557. The molecule has 106 valence electrons. The average molecular weight is 264 g/mol. The Morgan fingerprint density at radius 2 is 1.79 bits per heavy atom. The molecule has 1 aliphatic heterocycles. The molecular weight excluding hydrogens is 240 g/mol. The standard InChI is InChI=1S/C16H24O3/c1-5-9-17-15-8-7-14(12(3)13(15)4)16(6-2)18-10-11-19-16/h7-8H,5-6,9-11H2,1-4H3. The Morgan fingerprint density at radius 3 is 2.37 bits per heavy atom. The first kappa shape index (κ1) is 14.4. The molecule has 0 saturated carbocycles. The fourth-order valence-corrected chi connectivity index (χ4v) is 2.58. The smallest absolute Gasteiger partial charge is 0.194 e. The molecular formula is C16H24O3. The van der Waals surface area contributed by atoms with Crippen LogP contribution in [0.5, 0.6) is 5.75 Å². The predicted molar refractivity (Wildman–Crippen MR) is 75.6 cm³/mol. The summed E-state index contributed by atoms with van der Waals surface area (Å²) < 4.78 is 17.5. The van der Waals surface area contributed by atoms with Crippen LogP contribution in [-0.4, -0.2) is 19.8 Å². The zero-order valence-electron chi connectivity index (χ0n) is 12.4. The van der Waals surface area contributed by atoms with E-state index in [1.54, 1.807) is 0 Å². The molecule has 0 aromatic heterocycles. The Morgan fingerprint density at radius 1 is 1.11 bits per heavy atom. The van der Waals surface area contributed by atoms with E-state index in [0.29, 0.717) is 13.2 Å². The van der Waals surface area contributed by atoms with Crippen molar-refractivity contribution in [3.8, 4) is 5.75 Å². The highest BCUT2D eigenvalue weighted by Gasteiger charge is 2.38. The fourth-order valence-electron chi connectivity index (χ4n) is 2.58. The van der Waals surface area contributed by atoms with Crippen molar-refractivity contribution in [2.75, 3.05) is 19.8 Å². The zero-order chi connectivity index (χ0) is 13.9. The van der Waals surface area contributed by atoms with Gasteiger partial charge in [0.15, 0.2) is 5.79 Å². The summed E-state index contributed by atoms with van der Waals surface area (Å²) in [5.74, 6) is 0.408. The van der Waals surface area contributed by atoms with Crippen LogP contribution in [0.3, 0.4) is 0 Å². The molecule has 1 fully saturated rings. The van der Waals surface area contributed by atoms with E-state index in [1.165, 1.54) is 11.1 Å². The van der Waals surface area contributed by atoms with E-state index in [9.17, 15) is 0 Å². The third-order valence-corrected chi connectivity index (χ3v) is 3.83. The Labute approximate surface area is 115 Å². The maximum absolute atomic E-state index is 5.87. The Hall–Kier alpha value is -1.06. The molecule has 0 atom stereocenters. The van der Waals surface area contributed by atoms with Gasteiger partial charge in [0.25, 0.3) is 0 Å². The highest BCUT2D eigenvalue weighted by Crippen LogP contribution is 2.39. The van der Waals surface area contributed by atoms with Crippen LogP contribution >= 0.6 is 0 Å². The van der Waals surface area contributed by atoms with Gasteiger partial charge in [-0.1, -0.05) is 13.8 Å². The molecule has 3 heteroatoms. The molecule has 1 saturated heterocycles. The Bertz CT molecular complexity index is 434. The Kier molecular flexibility index (Phi) is 4.48. The quantitative estimate of drug-likeness (QED) is 0.811. The van der Waals surface area contributed by atoms with E-state index in [0.717, 1.165) is 30.8 Å². The van der Waals surface area contributed by atoms with Crippen molar-refractivity contribution in [1.29, 1.82) is 0 Å². The SMILES string of the molecule is CCCOc1ccc(C2(CC)OCCO2)c(C)c1C. The second-order valence-corrected chi connectivity index (χ2v) is 5.01. The summed E-state index contributed by atoms with van der Waals surface area (Å²) in [7, 11) is 0. The van der Waals surface area contributed by atoms with Gasteiger partial charge in [-0.25, -0.2) is 0 Å². The van der Waals surface area contributed by atoms with Crippen LogP contribution in [0.25, 0.3) is 0 Å². The molecule has 1 heterocycles. The lowest BCUT2D eigenvalue weighted by Crippen LogP contribution is -2.27. The van der Waals surface area contributed by atoms with Gasteiger partial charge in [0.05, 0.1) is 19.8 Å². The molecule has 3 nitrogen and oxygen atoms in total. The van der Waals surface area contributed by atoms with E-state index in [-0.39, 0.29) is 0 Å². The van der Waals surface area contributed by atoms with Gasteiger partial charge in [-0.2, -0.15) is 0 Å². The van der Waals surface area contributed by atoms with Crippen LogP contribution in [0.2, 0.25) is 0 Å². The Balaban J connectivity index is 2.35. The minimum absolute atomic E-state index is 0.557. The monoisotopic (exact) mass is 264 g/mol. The van der Waals surface area contributed by atoms with Crippen LogP contribution < -0.4 is 4.74 Å². The van der Waals surface area contributed by atoms with Gasteiger partial charge >= 0.3 is 0 Å². The lowest BCUT2D eigenvalue weighted by molar-refractivity contribution is -0.168. The van der Waals surface area contributed by atoms with Gasteiger partial charge in [-0.15, -0.1) is 0 Å². The molecule has 0 amide bonds. The van der Waals surface area contributed by atoms with Gasteiger partial charge in [0, 0.05) is 12.0 Å². The first-order chi connectivity index (χ1) is 9.14. The minimum Gasteiger partial charge on any atom is -0.493 e. The number of ether oxygens (including phenoxy) is 3. The van der Waals surface area contributed by atoms with Crippen molar-refractivity contribution < 1.29 is 14.2 Å². The number of benzene rings is 1. The molecule has 0 spiro atoms. The van der Waals surface area contributed by atoms with Crippen LogP contribution in [0, 0.1) is 13.8 Å². The third-order valence-electron chi connectivity index (χ3n) is 3.83. The van der Waals surface area contributed by atoms with Crippen molar-refractivity contribution in [1.82, 2.24) is 0 Å². The maximum Gasteiger partial charge on any atom is 0.194 e. The molecule has 2 rings (SSSR count). The molecule has 1 aromatic rings. The molecule has 0 N–H and O–H groups in total. The first-order valence-electron chi connectivity index (χ1n) is 7.16. The van der Waals surface area contributed by atoms with Gasteiger partial charge in [0.1, 0.15) is 5.75 Å². The topological polar surface area (TPSA) is 27.7 Å². The van der Waals surface area contributed by atoms with E-state index < -0.39 is 5.79 Å². The molecule has 19 heavy (non-hydrogen) atoms. The third kappa shape index (κ3) is 2.63. The number of hydrogen-bond donors (Lipinski definition) is 0. The normalized spacial score (nSPS) is 17.7. The predicted octanol–water partition coefficient (Wildman–Crippen LogP) is 3.70. The van der Waals surface area contributed by atoms with Crippen LogP contribution in [0.4, 0.5) is 0 Å². The van der Waals surface area contributed by atoms with Crippen LogP contribution in [0.1, 0.15) is 43.4 Å². The number of rotatable bonds is 5. The highest BCUT2D eigenvalue weighted by molar-refractivity contribution is 5.45. The summed E-state index contributed by atoms with van der Waals surface area (Å²) >= 11 is 0. The molecule has 0 aliphatic carbocycles. The van der Waals surface area contributed by atoms with Crippen LogP contribution in [-0.2, 0) is 15.3 Å². The highest BCUT2D eigenvalue weighted by atomic mass is 16.7. The summed E-state index contributed by atoms with van der Waals surface area (Å²) in [5.41, 5.74) is 3.52. The lowest BCUT2D eigenvalue weighted by Gasteiger charge is -2.29. The largest absolute Gasteiger partial charge is 0.493 e. The zero-order valence-corrected chi connectivity index (χ0v) is 12.4. The van der Waals surface area contributed by atoms with Crippen LogP contribution in [0.15, 0.2) is 12.1 Å². The van der Waals surface area contributed by atoms with E-state index in [1.807, 2.05) is 6.07 Å². The summed E-state index contributed by atoms with van der Waals surface area (Å²) in [4.78, 5) is 0. The van der Waals surface area contributed by atoms with Crippen molar-refractivity contribution in [2.24, 2.45) is 0 Å². The maximum atomic E-state index is 5.87. The van der Waals surface area contributed by atoms with Crippen molar-refractivity contribution in [3.63, 3.8) is 0 Å². The molecule has 0 radical (unpaired) electrons. The summed E-state index contributed by atoms with van der Waals surface area (Å²) in [5, 5.41) is 0. The fraction of sp³-hybridized carbons (Fsp3) is 0.625. The second kappa shape index (κ2) is 5.93. The summed E-state index contributed by atoms with van der Waals surface area (Å²) in [6.07, 6.45) is 1.84. The van der Waals surface area contributed by atoms with E-state index >= 15 is 0 Å². The van der Waals surface area contributed by atoms with Crippen molar-refractivity contribution in [3.05, 3.63) is 28.8 Å². The number of hydrogen-bond acceptors (Lipinski definition) is 3. The summed E-state index contributed by atoms with van der Waals surface area (Å²) in [6, 6.07) is 4.12. The molecule has 1 aliphatic rings. The van der Waals surface area contributed by atoms with Gasteiger partial charge in [-0.3, -0.25) is 0 Å². The van der Waals surface area contributed by atoms with Crippen molar-refractivity contribution in [2.45, 2.75) is 46.3 Å². The molecule has 0 unspecified atom stereocenters. The van der Waals surface area contributed by atoms with Gasteiger partial charge in [0.2, 0.25) is 0 Å².